The molecular formula is C23H27ClF4N2O4. The molecule has 1 N–H and O–H groups in total. The first-order valence-corrected chi connectivity index (χ1v) is 11.7. The molecule has 1 spiro atoms. The van der Waals surface area contributed by atoms with Crippen molar-refractivity contribution in [1.82, 2.24) is 10.2 Å². The van der Waals surface area contributed by atoms with Gasteiger partial charge in [-0.05, 0) is 56.1 Å². The number of halogens is 5. The Morgan fingerprint density at radius 2 is 1.82 bits per heavy atom. The minimum absolute atomic E-state index is 0.0192. The summed E-state index contributed by atoms with van der Waals surface area (Å²) in [6.07, 6.45) is -1.58. The van der Waals surface area contributed by atoms with Gasteiger partial charge in [-0.1, -0.05) is 11.6 Å². The molecule has 3 fully saturated rings. The van der Waals surface area contributed by atoms with Crippen LogP contribution in [-0.4, -0.2) is 61.3 Å². The maximum atomic E-state index is 13.4. The number of piperidine rings is 1. The Balaban J connectivity index is 1.10. The Morgan fingerprint density at radius 3 is 2.44 bits per heavy atom. The Bertz CT molecular complexity index is 907. The lowest BCUT2D eigenvalue weighted by atomic mass is 9.60. The van der Waals surface area contributed by atoms with E-state index in [1.807, 2.05) is 0 Å². The van der Waals surface area contributed by atoms with Crippen molar-refractivity contribution < 1.29 is 36.6 Å². The van der Waals surface area contributed by atoms with Crippen LogP contribution in [0, 0.1) is 17.2 Å². The van der Waals surface area contributed by atoms with Crippen LogP contribution in [-0.2, 0) is 14.3 Å². The fourth-order valence-corrected chi connectivity index (χ4v) is 5.08. The highest BCUT2D eigenvalue weighted by Gasteiger charge is 2.49. The van der Waals surface area contributed by atoms with E-state index in [2.05, 4.69) is 5.32 Å². The predicted octanol–water partition coefficient (Wildman–Crippen LogP) is 4.10. The monoisotopic (exact) mass is 506 g/mol. The number of hydrogen-bond donors (Lipinski definition) is 1. The molecule has 0 radical (unpaired) electrons. The number of likely N-dealkylation sites (tertiary alicyclic amines) is 1. The maximum absolute atomic E-state index is 13.4. The lowest BCUT2D eigenvalue weighted by Gasteiger charge is -2.52. The van der Waals surface area contributed by atoms with E-state index in [1.165, 1.54) is 12.1 Å². The molecule has 3 aliphatic rings. The molecule has 4 rings (SSSR count). The minimum Gasteiger partial charge on any atom is -0.484 e. The van der Waals surface area contributed by atoms with Crippen molar-refractivity contribution in [1.29, 1.82) is 0 Å². The highest BCUT2D eigenvalue weighted by atomic mass is 35.5. The van der Waals surface area contributed by atoms with Crippen LogP contribution in [0.2, 0.25) is 5.02 Å². The van der Waals surface area contributed by atoms with Crippen molar-refractivity contribution >= 4 is 23.4 Å². The number of hydrogen-bond acceptors (Lipinski definition) is 4. The summed E-state index contributed by atoms with van der Waals surface area (Å²) in [6, 6.07) is 4.01. The summed E-state index contributed by atoms with van der Waals surface area (Å²) in [5.74, 6) is -2.19. The van der Waals surface area contributed by atoms with E-state index in [0.29, 0.717) is 13.1 Å². The van der Waals surface area contributed by atoms with Crippen molar-refractivity contribution in [3.63, 3.8) is 0 Å². The van der Waals surface area contributed by atoms with E-state index in [1.54, 1.807) is 4.90 Å². The number of carbonyl (C=O) groups excluding carboxylic acids is 2. The van der Waals surface area contributed by atoms with Gasteiger partial charge >= 0.3 is 6.18 Å². The molecule has 1 saturated heterocycles. The highest BCUT2D eigenvalue weighted by molar-refractivity contribution is 6.30. The van der Waals surface area contributed by atoms with Gasteiger partial charge < -0.3 is 19.7 Å². The van der Waals surface area contributed by atoms with Crippen LogP contribution in [0.1, 0.15) is 38.5 Å². The second kappa shape index (κ2) is 9.89. The molecular weight excluding hydrogens is 480 g/mol. The molecule has 34 heavy (non-hydrogen) atoms. The third-order valence-corrected chi connectivity index (χ3v) is 7.47. The van der Waals surface area contributed by atoms with Gasteiger partial charge in [-0.3, -0.25) is 9.59 Å². The van der Waals surface area contributed by atoms with Crippen LogP contribution in [0.4, 0.5) is 17.6 Å². The summed E-state index contributed by atoms with van der Waals surface area (Å²) in [5.41, 5.74) is 0.0870. The molecule has 2 saturated carbocycles. The van der Waals surface area contributed by atoms with E-state index in [-0.39, 0.29) is 60.1 Å². The van der Waals surface area contributed by atoms with Gasteiger partial charge in [0.25, 0.3) is 5.91 Å². The zero-order valence-electron chi connectivity index (χ0n) is 18.5. The van der Waals surface area contributed by atoms with Crippen molar-refractivity contribution in [2.45, 2.75) is 56.8 Å². The molecule has 2 aliphatic carbocycles. The van der Waals surface area contributed by atoms with Crippen LogP contribution < -0.4 is 10.1 Å². The third-order valence-electron chi connectivity index (χ3n) is 7.16. The molecule has 2 amide bonds. The molecule has 11 heteroatoms. The molecule has 1 aliphatic heterocycles. The Morgan fingerprint density at radius 1 is 1.15 bits per heavy atom. The van der Waals surface area contributed by atoms with Gasteiger partial charge in [0.05, 0.1) is 17.0 Å². The summed E-state index contributed by atoms with van der Waals surface area (Å²) in [7, 11) is 0. The molecule has 0 aromatic heterocycles. The van der Waals surface area contributed by atoms with Crippen molar-refractivity contribution in [3.8, 4) is 5.75 Å². The summed E-state index contributed by atoms with van der Waals surface area (Å²) >= 11 is 5.62. The van der Waals surface area contributed by atoms with Gasteiger partial charge in [0.1, 0.15) is 18.2 Å². The maximum Gasteiger partial charge on any atom is 0.392 e. The van der Waals surface area contributed by atoms with Crippen molar-refractivity contribution in [3.05, 3.63) is 29.0 Å². The van der Waals surface area contributed by atoms with Crippen LogP contribution >= 0.6 is 11.6 Å². The van der Waals surface area contributed by atoms with Gasteiger partial charge in [0, 0.05) is 25.2 Å². The topological polar surface area (TPSA) is 67.9 Å². The number of ether oxygens (including phenoxy) is 2. The Hall–Kier alpha value is -2.07. The quantitative estimate of drug-likeness (QED) is 0.565. The second-order valence-corrected chi connectivity index (χ2v) is 9.97. The van der Waals surface area contributed by atoms with Crippen LogP contribution in [0.25, 0.3) is 0 Å². The molecule has 188 valence electrons. The number of nitrogens with zero attached hydrogens (tertiary/aromatic N) is 1. The second-order valence-electron chi connectivity index (χ2n) is 9.56. The van der Waals surface area contributed by atoms with E-state index >= 15 is 0 Å². The molecule has 0 atom stereocenters. The first-order valence-electron chi connectivity index (χ1n) is 11.4. The number of nitrogens with one attached hydrogen (secondary N) is 1. The molecule has 0 bridgehead atoms. The number of benzene rings is 1. The fourth-order valence-electron chi connectivity index (χ4n) is 4.96. The average Bonchev–Trinajstić information content (AvgIpc) is 2.71. The van der Waals surface area contributed by atoms with Gasteiger partial charge in [-0.15, -0.1) is 0 Å². The highest BCUT2D eigenvalue weighted by Crippen LogP contribution is 2.49. The smallest absolute Gasteiger partial charge is 0.392 e. The van der Waals surface area contributed by atoms with E-state index in [9.17, 15) is 27.2 Å². The van der Waals surface area contributed by atoms with Crippen molar-refractivity contribution in [2.75, 3.05) is 26.3 Å². The standard InChI is InChI=1S/C23H27ClF4N2O4/c24-18-2-1-16(9-19(18)25)33-12-20(31)29-15-10-22(11-15)3-5-30(6-4-22)21(32)13-34-17-7-14(8-17)23(26,27)28/h1-2,9,14-15,17H,3-8,10-13H2,(H,29,31)/t14-,17-. The molecule has 6 nitrogen and oxygen atoms in total. The molecule has 0 unspecified atom stereocenters. The predicted molar refractivity (Wildman–Crippen MR) is 115 cm³/mol. The van der Waals surface area contributed by atoms with Crippen LogP contribution in [0.15, 0.2) is 18.2 Å². The van der Waals surface area contributed by atoms with Crippen molar-refractivity contribution in [2.24, 2.45) is 11.3 Å². The minimum atomic E-state index is -4.19. The molecule has 1 aromatic carbocycles. The normalized spacial score (nSPS) is 24.3. The average molecular weight is 507 g/mol. The first-order chi connectivity index (χ1) is 16.0. The van der Waals surface area contributed by atoms with E-state index in [4.69, 9.17) is 21.1 Å². The first kappa shape index (κ1) is 25.0. The summed E-state index contributed by atoms with van der Waals surface area (Å²) < 4.78 is 61.7. The zero-order valence-corrected chi connectivity index (χ0v) is 19.3. The van der Waals surface area contributed by atoms with Gasteiger partial charge in [0.2, 0.25) is 5.91 Å². The van der Waals surface area contributed by atoms with Crippen LogP contribution in [0.5, 0.6) is 5.75 Å². The summed E-state index contributed by atoms with van der Waals surface area (Å²) in [5, 5.41) is 2.89. The lowest BCUT2D eigenvalue weighted by Crippen LogP contribution is -2.56. The fraction of sp³-hybridized carbons (Fsp3) is 0.652. The number of amides is 2. The number of rotatable bonds is 7. The zero-order chi connectivity index (χ0) is 24.5. The lowest BCUT2D eigenvalue weighted by molar-refractivity contribution is -0.220. The summed E-state index contributed by atoms with van der Waals surface area (Å²) in [4.78, 5) is 26.2. The van der Waals surface area contributed by atoms with E-state index < -0.39 is 24.0 Å². The SMILES string of the molecule is O=C(COc1ccc(Cl)c(F)c1)NC1CC2(CCN(C(=O)CO[C@H]3C[C@H](C(F)(F)F)C3)CC2)C1. The number of carbonyl (C=O) groups is 2. The van der Waals surface area contributed by atoms with Gasteiger partial charge in [0.15, 0.2) is 6.61 Å². The van der Waals surface area contributed by atoms with Crippen LogP contribution in [0.3, 0.4) is 0 Å². The van der Waals surface area contributed by atoms with Gasteiger partial charge in [-0.25, -0.2) is 4.39 Å². The van der Waals surface area contributed by atoms with E-state index in [0.717, 1.165) is 31.7 Å². The van der Waals surface area contributed by atoms with Gasteiger partial charge in [-0.2, -0.15) is 13.2 Å². The molecule has 1 heterocycles. The third kappa shape index (κ3) is 5.94. The Kier molecular flexibility index (Phi) is 7.28. The molecule has 1 aromatic rings. The summed E-state index contributed by atoms with van der Waals surface area (Å²) in [6.45, 7) is 0.740. The Labute approximate surface area is 199 Å². The number of alkyl halides is 3. The largest absolute Gasteiger partial charge is 0.484 e.